The number of benzene rings is 3. The summed E-state index contributed by atoms with van der Waals surface area (Å²) < 4.78 is 16.6. The Bertz CT molecular complexity index is 1250. The van der Waals surface area contributed by atoms with Crippen LogP contribution in [-0.4, -0.2) is 19.0 Å². The average Bonchev–Trinajstić information content (AvgIpc) is 3.15. The number of nitrogens with zero attached hydrogens (tertiary/aromatic N) is 1. The monoisotopic (exact) mass is 487 g/mol. The number of rotatable bonds is 6. The summed E-state index contributed by atoms with van der Waals surface area (Å²) in [4.78, 5) is 16.6. The lowest BCUT2D eigenvalue weighted by Crippen LogP contribution is -2.05. The van der Waals surface area contributed by atoms with E-state index in [2.05, 4.69) is 4.99 Å². The zero-order chi connectivity index (χ0) is 22.7. The van der Waals surface area contributed by atoms with Crippen LogP contribution < -0.4 is 9.47 Å². The van der Waals surface area contributed by atoms with Crippen LogP contribution in [0.3, 0.4) is 0 Å². The van der Waals surface area contributed by atoms with Gasteiger partial charge in [0.15, 0.2) is 17.2 Å². The number of ether oxygens (including phenoxy) is 3. The third kappa shape index (κ3) is 4.91. The number of carbonyl (C=O) groups excluding carboxylic acids is 1. The van der Waals surface area contributed by atoms with Crippen LogP contribution in [0.5, 0.6) is 11.5 Å². The van der Waals surface area contributed by atoms with Crippen LogP contribution in [0.2, 0.25) is 15.1 Å². The molecule has 32 heavy (non-hydrogen) atoms. The van der Waals surface area contributed by atoms with E-state index in [1.54, 1.807) is 55.7 Å². The van der Waals surface area contributed by atoms with Crippen molar-refractivity contribution in [1.82, 2.24) is 0 Å². The molecule has 0 aliphatic carbocycles. The van der Waals surface area contributed by atoms with Gasteiger partial charge in [0.2, 0.25) is 5.90 Å². The molecule has 1 aliphatic rings. The van der Waals surface area contributed by atoms with Crippen LogP contribution >= 0.6 is 34.8 Å². The molecule has 0 saturated heterocycles. The van der Waals surface area contributed by atoms with Crippen molar-refractivity contribution in [1.29, 1.82) is 0 Å². The largest absolute Gasteiger partial charge is 0.493 e. The minimum Gasteiger partial charge on any atom is -0.493 e. The molecule has 0 saturated carbocycles. The molecular weight excluding hydrogens is 473 g/mol. The lowest BCUT2D eigenvalue weighted by molar-refractivity contribution is -0.129. The number of cyclic esters (lactones) is 1. The number of aliphatic imine (C=N–C) groups is 1. The highest BCUT2D eigenvalue weighted by Gasteiger charge is 2.24. The number of halogens is 3. The highest BCUT2D eigenvalue weighted by atomic mass is 35.5. The van der Waals surface area contributed by atoms with Crippen LogP contribution in [0.1, 0.15) is 16.7 Å². The summed E-state index contributed by atoms with van der Waals surface area (Å²) in [5.74, 6) is 0.644. The van der Waals surface area contributed by atoms with Crippen LogP contribution in [0.25, 0.3) is 6.08 Å². The van der Waals surface area contributed by atoms with Gasteiger partial charge in [-0.2, -0.15) is 0 Å². The van der Waals surface area contributed by atoms with Gasteiger partial charge in [-0.05, 0) is 48.0 Å². The van der Waals surface area contributed by atoms with Gasteiger partial charge >= 0.3 is 5.97 Å². The molecule has 1 heterocycles. The molecule has 3 aromatic rings. The highest BCUT2D eigenvalue weighted by molar-refractivity contribution is 6.42. The summed E-state index contributed by atoms with van der Waals surface area (Å²) in [6.45, 7) is 0.292. The maximum Gasteiger partial charge on any atom is 0.363 e. The average molecular weight is 489 g/mol. The summed E-state index contributed by atoms with van der Waals surface area (Å²) in [5, 5.41) is 1.38. The maximum absolute atomic E-state index is 12.3. The Balaban J connectivity index is 1.55. The van der Waals surface area contributed by atoms with Crippen molar-refractivity contribution >= 4 is 52.7 Å². The van der Waals surface area contributed by atoms with Crippen molar-refractivity contribution in [2.45, 2.75) is 6.61 Å². The van der Waals surface area contributed by atoms with Crippen LogP contribution in [0, 0.1) is 0 Å². The minimum absolute atomic E-state index is 0.151. The van der Waals surface area contributed by atoms with Gasteiger partial charge in [0.1, 0.15) is 6.61 Å². The van der Waals surface area contributed by atoms with Gasteiger partial charge in [0, 0.05) is 16.1 Å². The molecular formula is C24H16Cl3NO4. The van der Waals surface area contributed by atoms with Gasteiger partial charge in [0.05, 0.1) is 17.2 Å². The molecule has 0 spiro atoms. The van der Waals surface area contributed by atoms with E-state index >= 15 is 0 Å². The normalized spacial score (nSPS) is 14.3. The number of esters is 1. The second-order valence-corrected chi connectivity index (χ2v) is 7.98. The van der Waals surface area contributed by atoms with Crippen LogP contribution in [0.15, 0.2) is 71.4 Å². The van der Waals surface area contributed by atoms with E-state index in [9.17, 15) is 4.79 Å². The summed E-state index contributed by atoms with van der Waals surface area (Å²) >= 11 is 18.2. The first-order valence-electron chi connectivity index (χ1n) is 9.47. The number of carbonyl (C=O) groups is 1. The Labute approximate surface area is 199 Å². The fraction of sp³-hybridized carbons (Fsp3) is 0.0833. The molecule has 162 valence electrons. The molecule has 4 rings (SSSR count). The molecule has 8 heteroatoms. The van der Waals surface area contributed by atoms with Crippen molar-refractivity contribution in [2.24, 2.45) is 4.99 Å². The first-order chi connectivity index (χ1) is 15.4. The first-order valence-corrected chi connectivity index (χ1v) is 10.6. The second kappa shape index (κ2) is 9.65. The van der Waals surface area contributed by atoms with Gasteiger partial charge in [-0.25, -0.2) is 9.79 Å². The zero-order valence-electron chi connectivity index (χ0n) is 16.8. The lowest BCUT2D eigenvalue weighted by Gasteiger charge is -2.12. The molecule has 0 fully saturated rings. The number of methoxy groups -OCH3 is 1. The molecule has 3 aromatic carbocycles. The maximum atomic E-state index is 12.3. The Morgan fingerprint density at radius 1 is 0.938 bits per heavy atom. The predicted molar refractivity (Wildman–Crippen MR) is 126 cm³/mol. The number of hydrogen-bond acceptors (Lipinski definition) is 5. The fourth-order valence-corrected chi connectivity index (χ4v) is 3.47. The smallest absolute Gasteiger partial charge is 0.363 e. The summed E-state index contributed by atoms with van der Waals surface area (Å²) in [5.41, 5.74) is 2.26. The first kappa shape index (κ1) is 22.2. The van der Waals surface area contributed by atoms with E-state index in [0.29, 0.717) is 44.3 Å². The van der Waals surface area contributed by atoms with Crippen molar-refractivity contribution in [3.05, 3.63) is 98.1 Å². The van der Waals surface area contributed by atoms with E-state index in [-0.39, 0.29) is 11.6 Å². The van der Waals surface area contributed by atoms with E-state index in [0.717, 1.165) is 5.56 Å². The Morgan fingerprint density at radius 2 is 1.75 bits per heavy atom. The highest BCUT2D eigenvalue weighted by Crippen LogP contribution is 2.31. The van der Waals surface area contributed by atoms with Crippen molar-refractivity contribution in [3.8, 4) is 11.5 Å². The third-order valence-electron chi connectivity index (χ3n) is 4.62. The number of hydrogen-bond donors (Lipinski definition) is 0. The molecule has 1 aliphatic heterocycles. The van der Waals surface area contributed by atoms with E-state index in [1.165, 1.54) is 0 Å². The molecule has 5 nitrogen and oxygen atoms in total. The second-order valence-electron chi connectivity index (χ2n) is 6.76. The lowest BCUT2D eigenvalue weighted by atomic mass is 10.1. The van der Waals surface area contributed by atoms with Gasteiger partial charge < -0.3 is 14.2 Å². The molecule has 0 bridgehead atoms. The summed E-state index contributed by atoms with van der Waals surface area (Å²) in [6.07, 6.45) is 1.60. The zero-order valence-corrected chi connectivity index (χ0v) is 19.0. The van der Waals surface area contributed by atoms with Gasteiger partial charge in [-0.3, -0.25) is 0 Å². The van der Waals surface area contributed by atoms with Crippen molar-refractivity contribution < 1.29 is 19.0 Å². The fourth-order valence-electron chi connectivity index (χ4n) is 2.98. The molecule has 0 radical (unpaired) electrons. The van der Waals surface area contributed by atoms with Crippen molar-refractivity contribution in [3.63, 3.8) is 0 Å². The van der Waals surface area contributed by atoms with Crippen LogP contribution in [-0.2, 0) is 16.1 Å². The molecule has 0 N–H and O–H groups in total. The van der Waals surface area contributed by atoms with Gasteiger partial charge in [0.25, 0.3) is 0 Å². The Hall–Kier alpha value is -2.99. The third-order valence-corrected chi connectivity index (χ3v) is 5.73. The predicted octanol–water partition coefficient (Wildman–Crippen LogP) is 6.58. The van der Waals surface area contributed by atoms with E-state index < -0.39 is 5.97 Å². The minimum atomic E-state index is -0.566. The molecule has 0 aromatic heterocycles. The van der Waals surface area contributed by atoms with Gasteiger partial charge in [-0.15, -0.1) is 0 Å². The van der Waals surface area contributed by atoms with Crippen molar-refractivity contribution in [2.75, 3.05) is 7.11 Å². The van der Waals surface area contributed by atoms with E-state index in [4.69, 9.17) is 49.0 Å². The topological polar surface area (TPSA) is 57.1 Å². The Morgan fingerprint density at radius 3 is 2.50 bits per heavy atom. The molecule has 0 atom stereocenters. The van der Waals surface area contributed by atoms with E-state index in [1.807, 2.05) is 18.2 Å². The van der Waals surface area contributed by atoms with Gasteiger partial charge in [-0.1, -0.05) is 59.1 Å². The Kier molecular flexibility index (Phi) is 6.70. The molecule has 0 unspecified atom stereocenters. The standard InChI is InChI=1S/C24H16Cl3NO4/c1-30-22-11-14(6-9-21(22)31-13-16-4-2-3-5-17(16)25)10-20-24(29)32-23(28-20)15-7-8-18(26)19(27)12-15/h2-12H,13H2,1H3/b20-10-. The quantitative estimate of drug-likeness (QED) is 0.290. The SMILES string of the molecule is COc1cc(/C=C2\N=C(c3ccc(Cl)c(Cl)c3)OC2=O)ccc1OCc1ccccc1Cl. The molecule has 0 amide bonds. The van der Waals surface area contributed by atoms with Crippen LogP contribution in [0.4, 0.5) is 0 Å². The summed E-state index contributed by atoms with van der Waals surface area (Å²) in [7, 11) is 1.54. The summed E-state index contributed by atoms with van der Waals surface area (Å²) in [6, 6.07) is 17.6.